The van der Waals surface area contributed by atoms with Crippen LogP contribution in [0.1, 0.15) is 60.3 Å². The van der Waals surface area contributed by atoms with Gasteiger partial charge in [-0.1, -0.05) is 39.8 Å². The van der Waals surface area contributed by atoms with E-state index in [1.54, 1.807) is 26.8 Å². The lowest BCUT2D eigenvalue weighted by molar-refractivity contribution is -0.307. The van der Waals surface area contributed by atoms with E-state index in [0.29, 0.717) is 0 Å². The Morgan fingerprint density at radius 2 is 1.81 bits per heavy atom. The van der Waals surface area contributed by atoms with Crippen LogP contribution in [-0.4, -0.2) is 113 Å². The average molecular weight is 626 g/mol. The summed E-state index contributed by atoms with van der Waals surface area (Å²) in [5.41, 5.74) is 5.96. The molecule has 5 unspecified atom stereocenters. The number of hydrogen-bond donors (Lipinski definition) is 8. The lowest BCUT2D eigenvalue weighted by Crippen LogP contribution is -2.62. The molecule has 0 aromatic rings. The Hall–Kier alpha value is -1.24. The van der Waals surface area contributed by atoms with E-state index in [4.69, 9.17) is 25.1 Å². The Morgan fingerprint density at radius 3 is 2.38 bits per heavy atom. The summed E-state index contributed by atoms with van der Waals surface area (Å²) in [5, 5.41) is 61.3. The number of rotatable bonds is 14. The molecule has 1 amide bonds. The molecule has 2 rings (SSSR count). The fourth-order valence-corrected chi connectivity index (χ4v) is 5.59. The molecule has 15 heteroatoms. The van der Waals surface area contributed by atoms with Gasteiger partial charge in [-0.2, -0.15) is 0 Å². The Bertz CT molecular complexity index is 998. The molecule has 10 N–H and O–H groups in total. The highest BCUT2D eigenvalue weighted by Gasteiger charge is 2.50. The Balaban J connectivity index is 2.34. The van der Waals surface area contributed by atoms with Crippen LogP contribution in [0, 0.1) is 17.8 Å². The number of aliphatic hydroxyl groups excluding tert-OH is 4. The van der Waals surface area contributed by atoms with Crippen LogP contribution in [-0.2, 0) is 29.0 Å². The van der Waals surface area contributed by atoms with Crippen LogP contribution >= 0.6 is 0 Å². The van der Waals surface area contributed by atoms with Crippen LogP contribution < -0.4 is 16.2 Å². The van der Waals surface area contributed by atoms with Gasteiger partial charge in [0.2, 0.25) is 15.9 Å². The molecule has 14 nitrogen and oxygen atoms in total. The number of aliphatic hydroxyl groups is 5. The topological polar surface area (TPSA) is 244 Å². The van der Waals surface area contributed by atoms with E-state index in [0.717, 1.165) is 0 Å². The van der Waals surface area contributed by atoms with Crippen molar-refractivity contribution in [3.05, 3.63) is 12.2 Å². The monoisotopic (exact) mass is 625 g/mol. The van der Waals surface area contributed by atoms with Gasteiger partial charge >= 0.3 is 0 Å². The van der Waals surface area contributed by atoms with Crippen LogP contribution in [0.5, 0.6) is 0 Å². The summed E-state index contributed by atoms with van der Waals surface area (Å²) in [6.45, 7) is 8.94. The Kier molecular flexibility index (Phi) is 13.8. The number of amides is 1. The maximum Gasteiger partial charge on any atom is 0.228 e. The van der Waals surface area contributed by atoms with Gasteiger partial charge in [-0.25, -0.2) is 13.6 Å². The van der Waals surface area contributed by atoms with Gasteiger partial charge in [0, 0.05) is 25.8 Å². The van der Waals surface area contributed by atoms with Crippen LogP contribution in [0.25, 0.3) is 0 Å². The predicted octanol–water partition coefficient (Wildman–Crippen LogP) is -1.58. The summed E-state index contributed by atoms with van der Waals surface area (Å²) in [4.78, 5) is 13.3. The molecule has 0 spiro atoms. The van der Waals surface area contributed by atoms with E-state index in [9.17, 15) is 38.7 Å². The second kappa shape index (κ2) is 15.7. The SMILES string of the molecule is CC(C)/C=C/[C@@H](C[C@@H]1O[C@](O)(C[C@@H](O)C(C)C)C[C@H](O)[C@H]1C(=O)NCCCS(N)(=O)=O)OC1OC(C)C(O)C(N)C1O. The van der Waals surface area contributed by atoms with Crippen molar-refractivity contribution in [1.29, 1.82) is 0 Å². The van der Waals surface area contributed by atoms with Gasteiger partial charge in [0.25, 0.3) is 0 Å². The van der Waals surface area contributed by atoms with E-state index in [2.05, 4.69) is 5.32 Å². The van der Waals surface area contributed by atoms with E-state index in [-0.39, 0.29) is 49.8 Å². The fourth-order valence-electron chi connectivity index (χ4n) is 5.05. The van der Waals surface area contributed by atoms with Crippen molar-refractivity contribution < 1.29 is 53.0 Å². The zero-order chi connectivity index (χ0) is 32.0. The third-order valence-electron chi connectivity index (χ3n) is 7.60. The molecule has 2 heterocycles. The first-order valence-electron chi connectivity index (χ1n) is 14.5. The number of ether oxygens (including phenoxy) is 3. The highest BCUT2D eigenvalue weighted by molar-refractivity contribution is 7.89. The zero-order valence-electron chi connectivity index (χ0n) is 25.1. The van der Waals surface area contributed by atoms with Crippen LogP contribution in [0.4, 0.5) is 0 Å². The van der Waals surface area contributed by atoms with Gasteiger partial charge in [-0.3, -0.25) is 4.79 Å². The smallest absolute Gasteiger partial charge is 0.228 e. The van der Waals surface area contributed by atoms with E-state index >= 15 is 0 Å². The maximum absolute atomic E-state index is 13.3. The molecule has 2 saturated heterocycles. The third-order valence-corrected chi connectivity index (χ3v) is 8.46. The number of primary sulfonamides is 1. The molecule has 2 fully saturated rings. The Morgan fingerprint density at radius 1 is 1.17 bits per heavy atom. The van der Waals surface area contributed by atoms with Crippen molar-refractivity contribution in [2.24, 2.45) is 28.6 Å². The third kappa shape index (κ3) is 11.0. The second-order valence-electron chi connectivity index (χ2n) is 12.2. The largest absolute Gasteiger partial charge is 0.393 e. The Labute approximate surface area is 248 Å². The number of sulfonamides is 1. The van der Waals surface area contributed by atoms with Gasteiger partial charge in [0.1, 0.15) is 6.10 Å². The molecule has 246 valence electrons. The summed E-state index contributed by atoms with van der Waals surface area (Å²) in [6.07, 6.45) is -5.93. The molecule has 42 heavy (non-hydrogen) atoms. The van der Waals surface area contributed by atoms with Gasteiger partial charge in [0.05, 0.1) is 54.3 Å². The van der Waals surface area contributed by atoms with Crippen molar-refractivity contribution in [2.45, 2.75) is 121 Å². The van der Waals surface area contributed by atoms with Gasteiger partial charge < -0.3 is 50.8 Å². The summed E-state index contributed by atoms with van der Waals surface area (Å²) in [5.74, 6) is -4.27. The van der Waals surface area contributed by atoms with E-state index < -0.39 is 82.7 Å². The molecule has 0 saturated carbocycles. The summed E-state index contributed by atoms with van der Waals surface area (Å²) in [6, 6.07) is -1.04. The zero-order valence-corrected chi connectivity index (χ0v) is 25.9. The van der Waals surface area contributed by atoms with Crippen molar-refractivity contribution >= 4 is 15.9 Å². The number of carbonyl (C=O) groups is 1. The summed E-state index contributed by atoms with van der Waals surface area (Å²) < 4.78 is 40.3. The molecule has 11 atom stereocenters. The quantitative estimate of drug-likeness (QED) is 0.0806. The molecular weight excluding hydrogens is 574 g/mol. The number of hydrogen-bond acceptors (Lipinski definition) is 12. The average Bonchev–Trinajstić information content (AvgIpc) is 2.85. The molecule has 0 aliphatic carbocycles. The minimum absolute atomic E-state index is 0.0328. The lowest BCUT2D eigenvalue weighted by atomic mass is 9.81. The second-order valence-corrected chi connectivity index (χ2v) is 14.0. The minimum Gasteiger partial charge on any atom is -0.393 e. The highest BCUT2D eigenvalue weighted by atomic mass is 32.2. The number of nitrogens with one attached hydrogen (secondary N) is 1. The molecule has 2 aliphatic rings. The van der Waals surface area contributed by atoms with Crippen molar-refractivity contribution in [3.63, 3.8) is 0 Å². The molecule has 0 aromatic carbocycles. The number of carbonyl (C=O) groups excluding carboxylic acids is 1. The standard InChI is InChI=1S/C27H51N3O11S/c1-14(2)7-8-17(40-26-24(34)22(28)23(33)16(5)39-26)11-20-21(25(35)30-9-6-10-42(29,37)38)19(32)13-27(36,41-20)12-18(31)15(3)4/h7-8,14-24,26,31-34,36H,6,9-13,28H2,1-5H3,(H,30,35)(H2,29,37,38)/b8-7+/t16?,17-,18+,19-,20-,21+,22?,23?,24?,26?,27+/m0/s1. The van der Waals surface area contributed by atoms with Crippen molar-refractivity contribution in [3.8, 4) is 0 Å². The normalized spacial score (nSPS) is 36.0. The van der Waals surface area contributed by atoms with Crippen molar-refractivity contribution in [1.82, 2.24) is 5.32 Å². The number of allylic oxidation sites excluding steroid dienone is 1. The fraction of sp³-hybridized carbons (Fsp3) is 0.889. The first-order valence-corrected chi connectivity index (χ1v) is 16.2. The molecule has 2 aliphatic heterocycles. The van der Waals surface area contributed by atoms with E-state index in [1.165, 1.54) is 0 Å². The minimum atomic E-state index is -3.73. The van der Waals surface area contributed by atoms with Gasteiger partial charge in [0.15, 0.2) is 12.1 Å². The van der Waals surface area contributed by atoms with E-state index in [1.807, 2.05) is 19.9 Å². The van der Waals surface area contributed by atoms with Gasteiger partial charge in [-0.15, -0.1) is 0 Å². The lowest BCUT2D eigenvalue weighted by Gasteiger charge is -2.46. The molecule has 0 radical (unpaired) electrons. The van der Waals surface area contributed by atoms with Gasteiger partial charge in [-0.05, 0) is 25.2 Å². The summed E-state index contributed by atoms with van der Waals surface area (Å²) >= 11 is 0. The highest BCUT2D eigenvalue weighted by Crippen LogP contribution is 2.38. The summed E-state index contributed by atoms with van der Waals surface area (Å²) in [7, 11) is -3.73. The van der Waals surface area contributed by atoms with Crippen molar-refractivity contribution in [2.75, 3.05) is 12.3 Å². The number of nitrogens with two attached hydrogens (primary N) is 2. The van der Waals surface area contributed by atoms with Crippen LogP contribution in [0.2, 0.25) is 0 Å². The molecule has 0 bridgehead atoms. The molecule has 0 aromatic heterocycles. The molecular formula is C27H51N3O11S. The predicted molar refractivity (Wildman–Crippen MR) is 153 cm³/mol. The first kappa shape index (κ1) is 36.9. The first-order chi connectivity index (χ1) is 19.3. The van der Waals surface area contributed by atoms with Crippen LogP contribution in [0.3, 0.4) is 0 Å². The maximum atomic E-state index is 13.3. The van der Waals surface area contributed by atoms with Crippen LogP contribution in [0.15, 0.2) is 12.2 Å².